The first-order valence-electron chi connectivity index (χ1n) is 12.9. The molecule has 0 saturated carbocycles. The predicted octanol–water partition coefficient (Wildman–Crippen LogP) is 0.923. The van der Waals surface area contributed by atoms with Gasteiger partial charge in [0, 0.05) is 37.7 Å². The third-order valence-corrected chi connectivity index (χ3v) is 5.45. The number of amides is 1. The summed E-state index contributed by atoms with van der Waals surface area (Å²) in [6, 6.07) is 3.71. The molecule has 218 valence electrons. The van der Waals surface area contributed by atoms with E-state index < -0.39 is 0 Å². The van der Waals surface area contributed by atoms with E-state index in [0.717, 1.165) is 11.1 Å². The summed E-state index contributed by atoms with van der Waals surface area (Å²) in [5.74, 6) is 1.98. The van der Waals surface area contributed by atoms with Crippen LogP contribution in [-0.4, -0.2) is 89.4 Å². The molecule has 0 unspecified atom stereocenters. The van der Waals surface area contributed by atoms with Crippen LogP contribution in [0.5, 0.6) is 17.2 Å². The summed E-state index contributed by atoms with van der Waals surface area (Å²) in [6.07, 6.45) is 3.82. The minimum atomic E-state index is -0.0302. The van der Waals surface area contributed by atoms with Crippen molar-refractivity contribution in [3.8, 4) is 17.2 Å². The van der Waals surface area contributed by atoms with Gasteiger partial charge < -0.3 is 50.9 Å². The average Bonchev–Trinajstić information content (AvgIpc) is 2.93. The number of rotatable bonds is 21. The molecular formula is C26H42N6O7. The zero-order valence-electron chi connectivity index (χ0n) is 22.9. The maximum Gasteiger partial charge on any atom is 0.221 e. The molecule has 0 atom stereocenters. The molecule has 13 nitrogen and oxygen atoms in total. The normalized spacial score (nSPS) is 10.8. The van der Waals surface area contributed by atoms with E-state index in [-0.39, 0.29) is 11.9 Å². The molecule has 2 rings (SSSR count). The monoisotopic (exact) mass is 550 g/mol. The highest BCUT2D eigenvalue weighted by Gasteiger charge is 2.16. The van der Waals surface area contributed by atoms with Gasteiger partial charge in [0.05, 0.1) is 60.5 Å². The molecule has 1 aromatic carbocycles. The molecule has 0 aliphatic rings. The number of carbonyl (C=O) groups excluding carboxylic acids is 1. The number of aromatic nitrogens is 2. The Morgan fingerprint density at radius 1 is 0.897 bits per heavy atom. The molecule has 2 aromatic rings. The molecule has 39 heavy (non-hydrogen) atoms. The first-order valence-corrected chi connectivity index (χ1v) is 12.9. The van der Waals surface area contributed by atoms with Crippen molar-refractivity contribution < 1.29 is 33.2 Å². The number of hydrogen-bond donors (Lipinski definition) is 4. The van der Waals surface area contributed by atoms with Crippen molar-refractivity contribution in [1.82, 2.24) is 15.3 Å². The fourth-order valence-corrected chi connectivity index (χ4v) is 3.51. The summed E-state index contributed by atoms with van der Waals surface area (Å²) >= 11 is 0. The second-order valence-electron chi connectivity index (χ2n) is 8.43. The summed E-state index contributed by atoms with van der Waals surface area (Å²) in [4.78, 5) is 20.1. The van der Waals surface area contributed by atoms with E-state index in [2.05, 4.69) is 15.3 Å². The number of methoxy groups -OCH3 is 2. The van der Waals surface area contributed by atoms with E-state index in [1.165, 1.54) is 0 Å². The van der Waals surface area contributed by atoms with Crippen molar-refractivity contribution in [3.63, 3.8) is 0 Å². The molecule has 0 fully saturated rings. The van der Waals surface area contributed by atoms with Crippen LogP contribution in [-0.2, 0) is 25.4 Å². The highest BCUT2D eigenvalue weighted by atomic mass is 16.5. The van der Waals surface area contributed by atoms with Gasteiger partial charge in [-0.25, -0.2) is 4.98 Å². The first kappa shape index (κ1) is 31.8. The van der Waals surface area contributed by atoms with Crippen molar-refractivity contribution >= 4 is 17.7 Å². The van der Waals surface area contributed by atoms with Crippen molar-refractivity contribution in [2.45, 2.75) is 25.7 Å². The smallest absolute Gasteiger partial charge is 0.221 e. The molecule has 7 N–H and O–H groups in total. The Morgan fingerprint density at radius 2 is 1.54 bits per heavy atom. The van der Waals surface area contributed by atoms with Crippen LogP contribution in [0.2, 0.25) is 0 Å². The number of nitrogens with two attached hydrogens (primary N) is 3. The standard InChI is InChI=1S/C26H42N6O7/c1-34-21-16-19(15-20-18-31-26(29)32-25(20)28)17-22(35-2)24(21)39-8-4-3-5-23(33)30-7-10-37-12-14-38-13-11-36-9-6-27/h16-18H,3-15,27H2,1-2H3,(H,30,33)(H4,28,29,31,32). The number of carbonyl (C=O) groups is 1. The summed E-state index contributed by atoms with van der Waals surface area (Å²) in [7, 11) is 3.12. The number of nitrogen functional groups attached to an aromatic ring is 2. The predicted molar refractivity (Wildman–Crippen MR) is 147 cm³/mol. The fraction of sp³-hybridized carbons (Fsp3) is 0.577. The van der Waals surface area contributed by atoms with Crippen LogP contribution in [0.3, 0.4) is 0 Å². The quantitative estimate of drug-likeness (QED) is 0.161. The van der Waals surface area contributed by atoms with Gasteiger partial charge in [0.1, 0.15) is 5.82 Å². The van der Waals surface area contributed by atoms with Crippen LogP contribution >= 0.6 is 0 Å². The third-order valence-electron chi connectivity index (χ3n) is 5.45. The molecule has 0 aliphatic heterocycles. The molecule has 1 aromatic heterocycles. The van der Waals surface area contributed by atoms with Crippen LogP contribution in [0.1, 0.15) is 30.4 Å². The Balaban J connectivity index is 1.65. The van der Waals surface area contributed by atoms with Crippen molar-refractivity contribution in [2.24, 2.45) is 5.73 Å². The maximum atomic E-state index is 12.0. The lowest BCUT2D eigenvalue weighted by atomic mass is 10.1. The van der Waals surface area contributed by atoms with Crippen LogP contribution in [0, 0.1) is 0 Å². The zero-order valence-corrected chi connectivity index (χ0v) is 22.9. The molecule has 1 heterocycles. The highest BCUT2D eigenvalue weighted by molar-refractivity contribution is 5.75. The molecular weight excluding hydrogens is 508 g/mol. The summed E-state index contributed by atoms with van der Waals surface area (Å²) in [5, 5.41) is 2.84. The van der Waals surface area contributed by atoms with Crippen molar-refractivity contribution in [3.05, 3.63) is 29.5 Å². The Kier molecular flexibility index (Phi) is 15.3. The Bertz CT molecular complexity index is 970. The van der Waals surface area contributed by atoms with E-state index >= 15 is 0 Å². The number of benzene rings is 1. The van der Waals surface area contributed by atoms with E-state index in [1.807, 2.05) is 12.1 Å². The Hall–Kier alpha value is -3.39. The summed E-state index contributed by atoms with van der Waals surface area (Å²) < 4.78 is 33.0. The van der Waals surface area contributed by atoms with Gasteiger partial charge in [-0.05, 0) is 30.5 Å². The largest absolute Gasteiger partial charge is 0.493 e. The number of hydrogen-bond acceptors (Lipinski definition) is 12. The highest BCUT2D eigenvalue weighted by Crippen LogP contribution is 2.39. The average molecular weight is 551 g/mol. The number of ether oxygens (including phenoxy) is 6. The van der Waals surface area contributed by atoms with Crippen LogP contribution < -0.4 is 36.7 Å². The van der Waals surface area contributed by atoms with Gasteiger partial charge in [0.15, 0.2) is 11.5 Å². The molecule has 13 heteroatoms. The lowest BCUT2D eigenvalue weighted by molar-refractivity contribution is -0.121. The van der Waals surface area contributed by atoms with Crippen molar-refractivity contribution in [1.29, 1.82) is 0 Å². The second kappa shape index (κ2) is 18.8. The number of nitrogens with zero attached hydrogens (tertiary/aromatic N) is 2. The topological polar surface area (TPSA) is 188 Å². The zero-order chi connectivity index (χ0) is 28.3. The van der Waals surface area contributed by atoms with Gasteiger partial charge in [0.25, 0.3) is 0 Å². The van der Waals surface area contributed by atoms with E-state index in [1.54, 1.807) is 20.4 Å². The van der Waals surface area contributed by atoms with Gasteiger partial charge in [-0.1, -0.05) is 0 Å². The first-order chi connectivity index (χ1) is 19.0. The van der Waals surface area contributed by atoms with E-state index in [4.69, 9.17) is 45.6 Å². The Labute approximate surface area is 229 Å². The number of unbranched alkanes of at least 4 members (excludes halogenated alkanes) is 1. The van der Waals surface area contributed by atoms with Gasteiger partial charge in [-0.15, -0.1) is 0 Å². The number of nitrogens with one attached hydrogen (secondary N) is 1. The van der Waals surface area contributed by atoms with E-state index in [0.29, 0.717) is 108 Å². The molecule has 0 radical (unpaired) electrons. The summed E-state index contributed by atoms with van der Waals surface area (Å²) in [6.45, 7) is 4.27. The van der Waals surface area contributed by atoms with Crippen LogP contribution in [0.25, 0.3) is 0 Å². The molecule has 0 saturated heterocycles. The SMILES string of the molecule is COc1cc(Cc2cnc(N)nc2N)cc(OC)c1OCCCCC(=O)NCCOCCOCCOCCN. The van der Waals surface area contributed by atoms with Gasteiger partial charge >= 0.3 is 0 Å². The molecule has 0 aliphatic carbocycles. The molecule has 0 bridgehead atoms. The maximum absolute atomic E-state index is 12.0. The minimum Gasteiger partial charge on any atom is -0.493 e. The van der Waals surface area contributed by atoms with Gasteiger partial charge in [-0.3, -0.25) is 4.79 Å². The molecule has 0 spiro atoms. The van der Waals surface area contributed by atoms with Crippen LogP contribution in [0.15, 0.2) is 18.3 Å². The third kappa shape index (κ3) is 12.3. The minimum absolute atomic E-state index is 0.0302. The second-order valence-corrected chi connectivity index (χ2v) is 8.43. The van der Waals surface area contributed by atoms with Gasteiger partial charge in [-0.2, -0.15) is 4.98 Å². The fourth-order valence-electron chi connectivity index (χ4n) is 3.51. The lowest BCUT2D eigenvalue weighted by Crippen LogP contribution is -2.27. The van der Waals surface area contributed by atoms with E-state index in [9.17, 15) is 4.79 Å². The van der Waals surface area contributed by atoms with Crippen molar-refractivity contribution in [2.75, 3.05) is 85.0 Å². The Morgan fingerprint density at radius 3 is 2.15 bits per heavy atom. The summed E-state index contributed by atoms with van der Waals surface area (Å²) in [5.41, 5.74) is 18.5. The van der Waals surface area contributed by atoms with Gasteiger partial charge in [0.2, 0.25) is 17.6 Å². The number of anilines is 2. The lowest BCUT2D eigenvalue weighted by Gasteiger charge is -2.16. The molecule has 1 amide bonds. The van der Waals surface area contributed by atoms with Crippen LogP contribution in [0.4, 0.5) is 11.8 Å².